The molecule has 164 valence electrons. The van der Waals surface area contributed by atoms with Crippen LogP contribution in [-0.2, 0) is 20.0 Å². The Morgan fingerprint density at radius 1 is 1.00 bits per heavy atom. The first-order chi connectivity index (χ1) is 14.4. The summed E-state index contributed by atoms with van der Waals surface area (Å²) >= 11 is 0.895. The van der Waals surface area contributed by atoms with Gasteiger partial charge in [0.1, 0.15) is 4.88 Å². The van der Waals surface area contributed by atoms with Crippen molar-refractivity contribution in [3.63, 3.8) is 0 Å². The molecule has 12 heteroatoms. The van der Waals surface area contributed by atoms with Crippen molar-refractivity contribution in [2.75, 3.05) is 10.0 Å². The summed E-state index contributed by atoms with van der Waals surface area (Å²) in [6.45, 7) is 5.16. The molecule has 0 fully saturated rings. The molecule has 0 radical (unpaired) electrons. The molecule has 0 aliphatic carbocycles. The molecule has 0 unspecified atom stereocenters. The second kappa shape index (κ2) is 8.38. The van der Waals surface area contributed by atoms with E-state index in [4.69, 9.17) is 5.14 Å². The van der Waals surface area contributed by atoms with Gasteiger partial charge in [-0.2, -0.15) is 0 Å². The molecule has 31 heavy (non-hydrogen) atoms. The average Bonchev–Trinajstić information content (AvgIpc) is 3.00. The standard InChI is InChI=1S/C19H20N4O5S3/c1-11-4-9-16(12(2)10-11)31(27,28)23-19-21-13(3)17(29-19)18(24)22-14-5-7-15(8-6-14)30(20,25)26/h4-10H,1-3H3,(H,21,23)(H,22,24)(H2,20,25,26). The van der Waals surface area contributed by atoms with E-state index >= 15 is 0 Å². The topological polar surface area (TPSA) is 148 Å². The molecule has 0 spiro atoms. The number of anilines is 2. The number of benzene rings is 2. The number of carbonyl (C=O) groups is 1. The predicted octanol–water partition coefficient (Wildman–Crippen LogP) is 2.77. The molecule has 1 heterocycles. The van der Waals surface area contributed by atoms with Gasteiger partial charge in [-0.05, 0) is 56.7 Å². The summed E-state index contributed by atoms with van der Waals surface area (Å²) in [5, 5.41) is 7.73. The van der Waals surface area contributed by atoms with Gasteiger partial charge >= 0.3 is 0 Å². The molecule has 0 bridgehead atoms. The van der Waals surface area contributed by atoms with Crippen molar-refractivity contribution >= 4 is 48.1 Å². The monoisotopic (exact) mass is 480 g/mol. The van der Waals surface area contributed by atoms with Crippen LogP contribution in [0.25, 0.3) is 0 Å². The van der Waals surface area contributed by atoms with Crippen molar-refractivity contribution in [1.82, 2.24) is 4.98 Å². The molecule has 9 nitrogen and oxygen atoms in total. The number of aryl methyl sites for hydroxylation is 3. The van der Waals surface area contributed by atoms with Crippen LogP contribution in [0, 0.1) is 20.8 Å². The normalized spacial score (nSPS) is 11.9. The Bertz CT molecular complexity index is 1360. The van der Waals surface area contributed by atoms with Gasteiger partial charge in [0.15, 0.2) is 5.13 Å². The number of thiazole rings is 1. The van der Waals surface area contributed by atoms with Crippen LogP contribution in [0.5, 0.6) is 0 Å². The Balaban J connectivity index is 1.79. The summed E-state index contributed by atoms with van der Waals surface area (Å²) < 4.78 is 50.5. The van der Waals surface area contributed by atoms with E-state index in [0.29, 0.717) is 16.9 Å². The zero-order chi connectivity index (χ0) is 23.0. The number of carbonyl (C=O) groups excluding carboxylic acids is 1. The first kappa shape index (κ1) is 22.9. The number of rotatable bonds is 6. The maximum atomic E-state index is 12.7. The maximum Gasteiger partial charge on any atom is 0.267 e. The molecule has 1 amide bonds. The molecule has 0 atom stereocenters. The van der Waals surface area contributed by atoms with Crippen LogP contribution in [0.2, 0.25) is 0 Å². The van der Waals surface area contributed by atoms with Gasteiger partial charge in [0.25, 0.3) is 15.9 Å². The molecule has 3 rings (SSSR count). The minimum Gasteiger partial charge on any atom is -0.321 e. The van der Waals surface area contributed by atoms with Gasteiger partial charge in [0, 0.05) is 5.69 Å². The van der Waals surface area contributed by atoms with Crippen LogP contribution in [0.15, 0.2) is 52.3 Å². The van der Waals surface area contributed by atoms with Crippen LogP contribution >= 0.6 is 11.3 Å². The number of primary sulfonamides is 1. The van der Waals surface area contributed by atoms with E-state index in [1.54, 1.807) is 26.0 Å². The lowest BCUT2D eigenvalue weighted by Crippen LogP contribution is -2.14. The van der Waals surface area contributed by atoms with Crippen LogP contribution in [0.4, 0.5) is 10.8 Å². The number of amides is 1. The molecule has 4 N–H and O–H groups in total. The van der Waals surface area contributed by atoms with Gasteiger partial charge in [-0.25, -0.2) is 27.0 Å². The highest BCUT2D eigenvalue weighted by Crippen LogP contribution is 2.27. The highest BCUT2D eigenvalue weighted by molar-refractivity contribution is 7.93. The minimum atomic E-state index is -3.87. The van der Waals surface area contributed by atoms with Crippen molar-refractivity contribution in [3.05, 3.63) is 64.2 Å². The molecule has 0 saturated heterocycles. The lowest BCUT2D eigenvalue weighted by Gasteiger charge is -2.08. The summed E-state index contributed by atoms with van der Waals surface area (Å²) in [5.41, 5.74) is 2.24. The number of aromatic nitrogens is 1. The van der Waals surface area contributed by atoms with Gasteiger partial charge in [0.2, 0.25) is 10.0 Å². The molecule has 0 aliphatic rings. The smallest absolute Gasteiger partial charge is 0.267 e. The van der Waals surface area contributed by atoms with E-state index in [0.717, 1.165) is 16.9 Å². The van der Waals surface area contributed by atoms with Crippen LogP contribution < -0.4 is 15.2 Å². The molecule has 2 aromatic carbocycles. The Morgan fingerprint density at radius 2 is 1.65 bits per heavy atom. The van der Waals surface area contributed by atoms with Gasteiger partial charge < -0.3 is 5.32 Å². The fourth-order valence-electron chi connectivity index (χ4n) is 2.84. The fourth-order valence-corrected chi connectivity index (χ4v) is 5.68. The van der Waals surface area contributed by atoms with Crippen molar-refractivity contribution in [1.29, 1.82) is 0 Å². The molecule has 1 aromatic heterocycles. The maximum absolute atomic E-state index is 12.7. The van der Waals surface area contributed by atoms with Crippen LogP contribution in [0.3, 0.4) is 0 Å². The predicted molar refractivity (Wildman–Crippen MR) is 119 cm³/mol. The lowest BCUT2D eigenvalue weighted by molar-refractivity contribution is 0.103. The summed E-state index contributed by atoms with van der Waals surface area (Å²) in [5.74, 6) is -0.504. The number of nitrogens with two attached hydrogens (primary N) is 1. The SMILES string of the molecule is Cc1ccc(S(=O)(=O)Nc2nc(C)c(C(=O)Nc3ccc(S(N)(=O)=O)cc3)s2)c(C)c1. The summed E-state index contributed by atoms with van der Waals surface area (Å²) in [7, 11) is -7.71. The summed E-state index contributed by atoms with van der Waals surface area (Å²) in [6, 6.07) is 10.3. The number of hydrogen-bond acceptors (Lipinski definition) is 7. The Kier molecular flexibility index (Phi) is 6.18. The number of nitrogens with zero attached hydrogens (tertiary/aromatic N) is 1. The van der Waals surface area contributed by atoms with Crippen molar-refractivity contribution < 1.29 is 21.6 Å². The highest BCUT2D eigenvalue weighted by Gasteiger charge is 2.22. The summed E-state index contributed by atoms with van der Waals surface area (Å²) in [4.78, 5) is 17.0. The Morgan fingerprint density at radius 3 is 2.23 bits per heavy atom. The van der Waals surface area contributed by atoms with Gasteiger partial charge in [0.05, 0.1) is 15.5 Å². The van der Waals surface area contributed by atoms with Gasteiger partial charge in [-0.3, -0.25) is 9.52 Å². The molecule has 0 saturated carbocycles. The average molecular weight is 481 g/mol. The van der Waals surface area contributed by atoms with E-state index in [1.165, 1.54) is 30.3 Å². The van der Waals surface area contributed by atoms with Crippen molar-refractivity contribution in [3.8, 4) is 0 Å². The van der Waals surface area contributed by atoms with Crippen LogP contribution in [-0.4, -0.2) is 27.7 Å². The van der Waals surface area contributed by atoms with E-state index < -0.39 is 26.0 Å². The van der Waals surface area contributed by atoms with Gasteiger partial charge in [-0.15, -0.1) is 0 Å². The second-order valence-electron chi connectivity index (χ2n) is 6.83. The molecular formula is C19H20N4O5S3. The number of nitrogens with one attached hydrogen (secondary N) is 2. The van der Waals surface area contributed by atoms with Crippen molar-refractivity contribution in [2.24, 2.45) is 5.14 Å². The Labute approximate surface area is 184 Å². The Hall–Kier alpha value is -2.80. The van der Waals surface area contributed by atoms with Gasteiger partial charge in [-0.1, -0.05) is 29.0 Å². The lowest BCUT2D eigenvalue weighted by atomic mass is 10.2. The van der Waals surface area contributed by atoms with E-state index in [9.17, 15) is 21.6 Å². The van der Waals surface area contributed by atoms with Crippen LogP contribution in [0.1, 0.15) is 26.5 Å². The fraction of sp³-hybridized carbons (Fsp3) is 0.158. The summed E-state index contributed by atoms with van der Waals surface area (Å²) in [6.07, 6.45) is 0. The van der Waals surface area contributed by atoms with E-state index in [1.807, 2.05) is 6.92 Å². The number of sulfonamides is 2. The highest BCUT2D eigenvalue weighted by atomic mass is 32.2. The van der Waals surface area contributed by atoms with Crippen molar-refractivity contribution in [2.45, 2.75) is 30.6 Å². The quantitative estimate of drug-likeness (QED) is 0.494. The molecule has 0 aliphatic heterocycles. The zero-order valence-electron chi connectivity index (χ0n) is 16.8. The van der Waals surface area contributed by atoms with E-state index in [-0.39, 0.29) is 19.8 Å². The largest absolute Gasteiger partial charge is 0.321 e. The zero-order valence-corrected chi connectivity index (χ0v) is 19.3. The minimum absolute atomic E-state index is 0.0622. The van der Waals surface area contributed by atoms with E-state index in [2.05, 4.69) is 15.0 Å². The third-order valence-corrected chi connectivity index (χ3v) is 7.91. The first-order valence-corrected chi connectivity index (χ1v) is 12.7. The molecular weight excluding hydrogens is 460 g/mol. The second-order valence-corrected chi connectivity index (χ2v) is 11.0. The third kappa shape index (κ3) is 5.28. The third-order valence-electron chi connectivity index (χ3n) is 4.29. The first-order valence-electron chi connectivity index (χ1n) is 8.88. The molecule has 3 aromatic rings. The number of hydrogen-bond donors (Lipinski definition) is 3.